The Labute approximate surface area is 159 Å². The van der Waals surface area contributed by atoms with Gasteiger partial charge in [-0.3, -0.25) is 0 Å². The number of aromatic nitrogens is 2. The molecular formula is C18H19F3N4OS. The molecule has 1 unspecified atom stereocenters. The molecule has 0 saturated carbocycles. The Hall–Kier alpha value is -2.26. The van der Waals surface area contributed by atoms with Crippen molar-refractivity contribution >= 4 is 28.3 Å². The summed E-state index contributed by atoms with van der Waals surface area (Å²) in [6.07, 6.45) is -1.88. The molecule has 0 bridgehead atoms. The van der Waals surface area contributed by atoms with Crippen LogP contribution in [0.2, 0.25) is 0 Å². The van der Waals surface area contributed by atoms with Gasteiger partial charge in [-0.1, -0.05) is 6.07 Å². The van der Waals surface area contributed by atoms with Crippen molar-refractivity contribution in [2.24, 2.45) is 0 Å². The topological polar surface area (TPSA) is 61.3 Å². The Balaban J connectivity index is 1.83. The number of nitrogens with zero attached hydrogens (tertiary/aromatic N) is 3. The van der Waals surface area contributed by atoms with Crippen molar-refractivity contribution < 1.29 is 18.3 Å². The predicted molar refractivity (Wildman–Crippen MR) is 100 cm³/mol. The van der Waals surface area contributed by atoms with Crippen LogP contribution in [0.25, 0.3) is 4.91 Å². The van der Waals surface area contributed by atoms with Gasteiger partial charge in [-0.2, -0.15) is 13.2 Å². The van der Waals surface area contributed by atoms with E-state index in [1.807, 2.05) is 36.2 Å². The molecule has 0 fully saturated rings. The summed E-state index contributed by atoms with van der Waals surface area (Å²) >= 11 is 1.64. The van der Waals surface area contributed by atoms with E-state index in [-0.39, 0.29) is 5.95 Å². The quantitative estimate of drug-likeness (QED) is 0.789. The number of halogens is 3. The standard InChI is InChI=1S/C18H19F3N4OS/c1-11-5-13(15-9-25(10-27-15)8-12(2)26)7-14(6-11)23-17-22-4-3-16(24-17)18(19,20)21/h3-7,9,12,26H,8,10H2,1-2H3,(H,22,23,24). The van der Waals surface area contributed by atoms with Crippen molar-refractivity contribution in [1.82, 2.24) is 14.9 Å². The number of β-amino-alcohol motifs (C(OH)–C–C–N with tert-alkyl or cyclic N) is 1. The van der Waals surface area contributed by atoms with Crippen molar-refractivity contribution in [2.75, 3.05) is 17.7 Å². The third kappa shape index (κ3) is 5.14. The molecule has 1 atom stereocenters. The maximum absolute atomic E-state index is 12.8. The summed E-state index contributed by atoms with van der Waals surface area (Å²) in [5.41, 5.74) is 1.52. The second-order valence-corrected chi connectivity index (χ2v) is 7.35. The maximum Gasteiger partial charge on any atom is 0.433 e. The zero-order valence-corrected chi connectivity index (χ0v) is 15.6. The van der Waals surface area contributed by atoms with Crippen LogP contribution in [0.15, 0.2) is 36.7 Å². The molecule has 2 heterocycles. The lowest BCUT2D eigenvalue weighted by Crippen LogP contribution is -2.23. The second-order valence-electron chi connectivity index (χ2n) is 6.36. The van der Waals surface area contributed by atoms with Crippen LogP contribution in [0, 0.1) is 6.92 Å². The highest BCUT2D eigenvalue weighted by Crippen LogP contribution is 2.36. The van der Waals surface area contributed by atoms with Gasteiger partial charge >= 0.3 is 6.18 Å². The molecule has 0 amide bonds. The predicted octanol–water partition coefficient (Wildman–Crippen LogP) is 4.23. The molecule has 0 aliphatic carbocycles. The van der Waals surface area contributed by atoms with Crippen molar-refractivity contribution in [3.8, 4) is 0 Å². The molecule has 9 heteroatoms. The van der Waals surface area contributed by atoms with Crippen LogP contribution in [-0.2, 0) is 6.18 Å². The van der Waals surface area contributed by atoms with E-state index in [9.17, 15) is 18.3 Å². The van der Waals surface area contributed by atoms with E-state index in [0.717, 1.165) is 34.2 Å². The summed E-state index contributed by atoms with van der Waals surface area (Å²) in [5, 5.41) is 12.4. The third-order valence-electron chi connectivity index (χ3n) is 3.75. The highest BCUT2D eigenvalue weighted by Gasteiger charge is 2.32. The van der Waals surface area contributed by atoms with Crippen LogP contribution in [0.4, 0.5) is 24.8 Å². The molecule has 5 nitrogen and oxygen atoms in total. The Kier molecular flexibility index (Phi) is 5.61. The van der Waals surface area contributed by atoms with E-state index in [4.69, 9.17) is 0 Å². The normalized spacial score (nSPS) is 15.6. The van der Waals surface area contributed by atoms with E-state index in [2.05, 4.69) is 15.3 Å². The number of nitrogens with one attached hydrogen (secondary N) is 1. The lowest BCUT2D eigenvalue weighted by Gasteiger charge is -2.15. The fraction of sp³-hybridized carbons (Fsp3) is 0.333. The van der Waals surface area contributed by atoms with Gasteiger partial charge < -0.3 is 15.3 Å². The fourth-order valence-corrected chi connectivity index (χ4v) is 3.69. The number of rotatable bonds is 5. The van der Waals surface area contributed by atoms with Gasteiger partial charge in [-0.25, -0.2) is 9.97 Å². The van der Waals surface area contributed by atoms with Crippen molar-refractivity contribution in [3.63, 3.8) is 0 Å². The summed E-state index contributed by atoms with van der Waals surface area (Å²) in [7, 11) is 0. The largest absolute Gasteiger partial charge is 0.433 e. The van der Waals surface area contributed by atoms with Crippen LogP contribution in [-0.4, -0.2) is 38.5 Å². The van der Waals surface area contributed by atoms with E-state index in [0.29, 0.717) is 12.2 Å². The minimum Gasteiger partial charge on any atom is -0.392 e. The second kappa shape index (κ2) is 7.77. The van der Waals surface area contributed by atoms with Gasteiger partial charge in [0.25, 0.3) is 0 Å². The maximum atomic E-state index is 12.8. The highest BCUT2D eigenvalue weighted by atomic mass is 32.2. The van der Waals surface area contributed by atoms with Crippen LogP contribution >= 0.6 is 11.8 Å². The van der Waals surface area contributed by atoms with E-state index in [1.54, 1.807) is 18.7 Å². The van der Waals surface area contributed by atoms with E-state index < -0.39 is 18.0 Å². The van der Waals surface area contributed by atoms with Crippen LogP contribution in [0.3, 0.4) is 0 Å². The molecule has 0 saturated heterocycles. The first-order chi connectivity index (χ1) is 12.7. The Morgan fingerprint density at radius 1 is 1.33 bits per heavy atom. The monoisotopic (exact) mass is 396 g/mol. The molecule has 1 aliphatic heterocycles. The first-order valence-electron chi connectivity index (χ1n) is 8.27. The molecule has 3 rings (SSSR count). The fourth-order valence-electron chi connectivity index (χ4n) is 2.70. The molecule has 1 aliphatic rings. The molecule has 27 heavy (non-hydrogen) atoms. The van der Waals surface area contributed by atoms with Gasteiger partial charge in [0, 0.05) is 29.5 Å². The van der Waals surface area contributed by atoms with E-state index >= 15 is 0 Å². The number of aryl methyl sites for hydroxylation is 1. The molecule has 0 radical (unpaired) electrons. The summed E-state index contributed by atoms with van der Waals surface area (Å²) in [5.74, 6) is 0.637. The minimum absolute atomic E-state index is 0.106. The first kappa shape index (κ1) is 19.5. The zero-order valence-electron chi connectivity index (χ0n) is 14.8. The van der Waals surface area contributed by atoms with E-state index in [1.165, 1.54) is 0 Å². The van der Waals surface area contributed by atoms with Crippen LogP contribution < -0.4 is 5.32 Å². The summed E-state index contributed by atoms with van der Waals surface area (Å²) in [6, 6.07) is 6.51. The van der Waals surface area contributed by atoms with Gasteiger partial charge in [-0.15, -0.1) is 11.8 Å². The number of hydrogen-bond acceptors (Lipinski definition) is 6. The first-order valence-corrected chi connectivity index (χ1v) is 9.25. The molecule has 0 spiro atoms. The molecule has 2 aromatic rings. The summed E-state index contributed by atoms with van der Waals surface area (Å²) < 4.78 is 38.4. The van der Waals surface area contributed by atoms with Gasteiger partial charge in [0.1, 0.15) is 5.69 Å². The molecule has 144 valence electrons. The third-order valence-corrected chi connectivity index (χ3v) is 4.86. The van der Waals surface area contributed by atoms with Crippen molar-refractivity contribution in [2.45, 2.75) is 26.1 Å². The lowest BCUT2D eigenvalue weighted by molar-refractivity contribution is -0.141. The van der Waals surface area contributed by atoms with Gasteiger partial charge in [0.2, 0.25) is 5.95 Å². The Morgan fingerprint density at radius 3 is 2.81 bits per heavy atom. The van der Waals surface area contributed by atoms with Gasteiger partial charge in [0.05, 0.1) is 12.0 Å². The smallest absolute Gasteiger partial charge is 0.392 e. The van der Waals surface area contributed by atoms with Crippen LogP contribution in [0.5, 0.6) is 0 Å². The number of anilines is 2. The summed E-state index contributed by atoms with van der Waals surface area (Å²) in [6.45, 7) is 4.20. The molecule has 1 aromatic carbocycles. The Bertz CT molecular complexity index is 855. The minimum atomic E-state index is -4.52. The summed E-state index contributed by atoms with van der Waals surface area (Å²) in [4.78, 5) is 10.5. The zero-order chi connectivity index (χ0) is 19.6. The number of alkyl halides is 3. The Morgan fingerprint density at radius 2 is 2.11 bits per heavy atom. The number of aliphatic hydroxyl groups is 1. The van der Waals surface area contributed by atoms with Gasteiger partial charge in [-0.05, 0) is 43.2 Å². The number of aliphatic hydroxyl groups excluding tert-OH is 1. The average Bonchev–Trinajstić information content (AvgIpc) is 3.01. The molecule has 2 N–H and O–H groups in total. The number of benzene rings is 1. The van der Waals surface area contributed by atoms with Crippen molar-refractivity contribution in [1.29, 1.82) is 0 Å². The number of hydrogen-bond donors (Lipinski definition) is 2. The average molecular weight is 396 g/mol. The molecule has 1 aromatic heterocycles. The van der Waals surface area contributed by atoms with Crippen LogP contribution in [0.1, 0.15) is 23.7 Å². The van der Waals surface area contributed by atoms with Gasteiger partial charge in [0.15, 0.2) is 0 Å². The number of thioether (sulfide) groups is 1. The highest BCUT2D eigenvalue weighted by molar-refractivity contribution is 8.08. The lowest BCUT2D eigenvalue weighted by atomic mass is 10.1. The molecular weight excluding hydrogens is 377 g/mol. The SMILES string of the molecule is Cc1cc(Nc2nccc(C(F)(F)F)n2)cc(C2=CN(CC(C)O)CS2)c1. The van der Waals surface area contributed by atoms with Crippen molar-refractivity contribution in [3.05, 3.63) is 53.5 Å².